The number of anilines is 3. The molecule has 148 valence electrons. The van der Waals surface area contributed by atoms with E-state index < -0.39 is 0 Å². The number of halogens is 1. The van der Waals surface area contributed by atoms with Crippen LogP contribution < -0.4 is 15.1 Å². The Bertz CT molecular complexity index is 842. The highest BCUT2D eigenvalue weighted by molar-refractivity contribution is 5.91. The van der Waals surface area contributed by atoms with Crippen LogP contribution in [0.2, 0.25) is 0 Å². The monoisotopic (exact) mass is 382 g/mol. The van der Waals surface area contributed by atoms with E-state index in [-0.39, 0.29) is 11.8 Å². The van der Waals surface area contributed by atoms with Gasteiger partial charge in [0.05, 0.1) is 5.69 Å². The highest BCUT2D eigenvalue weighted by atomic mass is 19.1. The van der Waals surface area contributed by atoms with Gasteiger partial charge in [0.15, 0.2) is 0 Å². The first kappa shape index (κ1) is 18.6. The average Bonchev–Trinajstić information content (AvgIpc) is 3.25. The summed E-state index contributed by atoms with van der Waals surface area (Å²) in [5, 5.41) is 3.08. The Morgan fingerprint density at radius 2 is 1.50 bits per heavy atom. The van der Waals surface area contributed by atoms with Crippen LogP contribution in [0, 0.1) is 12.7 Å². The van der Waals surface area contributed by atoms with Crippen LogP contribution in [0.15, 0.2) is 42.5 Å². The molecule has 0 saturated carbocycles. The smallest absolute Gasteiger partial charge is 0.321 e. The summed E-state index contributed by atoms with van der Waals surface area (Å²) in [6.45, 7) is 6.63. The number of rotatable bonds is 3. The fourth-order valence-corrected chi connectivity index (χ4v) is 4.11. The van der Waals surface area contributed by atoms with Crippen LogP contribution in [-0.4, -0.2) is 50.2 Å². The molecule has 2 amide bonds. The first-order valence-corrected chi connectivity index (χ1v) is 10.0. The summed E-state index contributed by atoms with van der Waals surface area (Å²) in [4.78, 5) is 19.0. The number of urea groups is 1. The summed E-state index contributed by atoms with van der Waals surface area (Å²) in [5.41, 5.74) is 3.80. The van der Waals surface area contributed by atoms with Crippen LogP contribution in [0.4, 0.5) is 26.2 Å². The second kappa shape index (κ2) is 8.09. The van der Waals surface area contributed by atoms with Gasteiger partial charge in [-0.25, -0.2) is 9.18 Å². The number of benzene rings is 2. The van der Waals surface area contributed by atoms with Crippen molar-refractivity contribution in [3.05, 3.63) is 53.8 Å². The molecule has 6 heteroatoms. The summed E-state index contributed by atoms with van der Waals surface area (Å²) in [5.74, 6) is -0.213. The molecule has 2 aliphatic rings. The van der Waals surface area contributed by atoms with Gasteiger partial charge >= 0.3 is 6.03 Å². The summed E-state index contributed by atoms with van der Waals surface area (Å²) in [7, 11) is 0. The molecule has 0 bridgehead atoms. The summed E-state index contributed by atoms with van der Waals surface area (Å²) >= 11 is 0. The van der Waals surface area contributed by atoms with Gasteiger partial charge in [0.25, 0.3) is 0 Å². The Morgan fingerprint density at radius 3 is 2.21 bits per heavy atom. The van der Waals surface area contributed by atoms with Gasteiger partial charge < -0.3 is 20.0 Å². The summed E-state index contributed by atoms with van der Waals surface area (Å²) in [6, 6.07) is 12.8. The molecule has 0 radical (unpaired) electrons. The van der Waals surface area contributed by atoms with Crippen LogP contribution >= 0.6 is 0 Å². The maximum atomic E-state index is 14.0. The zero-order valence-electron chi connectivity index (χ0n) is 16.3. The van der Waals surface area contributed by atoms with Gasteiger partial charge in [0.2, 0.25) is 0 Å². The topological polar surface area (TPSA) is 38.8 Å². The maximum absolute atomic E-state index is 14.0. The molecule has 5 nitrogen and oxygen atoms in total. The summed E-state index contributed by atoms with van der Waals surface area (Å²) < 4.78 is 14.0. The third-order valence-corrected chi connectivity index (χ3v) is 5.75. The van der Waals surface area contributed by atoms with Crippen molar-refractivity contribution in [3.8, 4) is 0 Å². The molecule has 2 aromatic carbocycles. The average molecular weight is 382 g/mol. The molecule has 2 aromatic rings. The predicted molar refractivity (Wildman–Crippen MR) is 112 cm³/mol. The van der Waals surface area contributed by atoms with Crippen LogP contribution in [0.5, 0.6) is 0 Å². The van der Waals surface area contributed by atoms with E-state index >= 15 is 0 Å². The van der Waals surface area contributed by atoms with Crippen molar-refractivity contribution >= 4 is 23.1 Å². The molecule has 2 heterocycles. The minimum Gasteiger partial charge on any atom is -0.371 e. The standard InChI is InChI=1S/C22H27FN4O/c1-17-19(8-6-10-20(17)25-11-4-5-12-25)24-22(28)27-15-13-26(14-16-27)21-9-3-2-7-18(21)23/h2-3,6-10H,4-5,11-16H2,1H3,(H,24,28). The molecule has 28 heavy (non-hydrogen) atoms. The molecular weight excluding hydrogens is 355 g/mol. The number of nitrogens with one attached hydrogen (secondary N) is 1. The maximum Gasteiger partial charge on any atom is 0.321 e. The second-order valence-corrected chi connectivity index (χ2v) is 7.50. The zero-order chi connectivity index (χ0) is 19.5. The van der Waals surface area contributed by atoms with E-state index in [0.717, 1.165) is 24.3 Å². The number of hydrogen-bond donors (Lipinski definition) is 1. The van der Waals surface area contributed by atoms with E-state index in [2.05, 4.69) is 23.2 Å². The largest absolute Gasteiger partial charge is 0.371 e. The predicted octanol–water partition coefficient (Wildman–Crippen LogP) is 4.09. The van der Waals surface area contributed by atoms with Crippen molar-refractivity contribution in [1.29, 1.82) is 0 Å². The van der Waals surface area contributed by atoms with Crippen molar-refractivity contribution in [3.63, 3.8) is 0 Å². The number of nitrogens with zero attached hydrogens (tertiary/aromatic N) is 3. The highest BCUT2D eigenvalue weighted by Crippen LogP contribution is 2.29. The number of para-hydroxylation sites is 1. The fourth-order valence-electron chi connectivity index (χ4n) is 4.11. The Labute approximate surface area is 165 Å². The first-order valence-electron chi connectivity index (χ1n) is 10.0. The van der Waals surface area contributed by atoms with E-state index in [1.54, 1.807) is 17.0 Å². The van der Waals surface area contributed by atoms with Gasteiger partial charge in [-0.2, -0.15) is 0 Å². The molecule has 0 aliphatic carbocycles. The third-order valence-electron chi connectivity index (χ3n) is 5.75. The Balaban J connectivity index is 1.39. The molecule has 4 rings (SSSR count). The van der Waals surface area contributed by atoms with Crippen molar-refractivity contribution in [2.24, 2.45) is 0 Å². The molecule has 1 N–H and O–H groups in total. The van der Waals surface area contributed by atoms with Gasteiger partial charge in [0.1, 0.15) is 5.82 Å². The van der Waals surface area contributed by atoms with Crippen molar-refractivity contribution in [2.75, 3.05) is 54.4 Å². The Hall–Kier alpha value is -2.76. The summed E-state index contributed by atoms with van der Waals surface area (Å²) in [6.07, 6.45) is 2.45. The molecule has 2 aliphatic heterocycles. The highest BCUT2D eigenvalue weighted by Gasteiger charge is 2.23. The molecule has 0 atom stereocenters. The van der Waals surface area contributed by atoms with E-state index in [1.807, 2.05) is 23.1 Å². The van der Waals surface area contributed by atoms with Gasteiger partial charge in [-0.05, 0) is 49.6 Å². The number of amides is 2. The van der Waals surface area contributed by atoms with Crippen LogP contribution in [0.1, 0.15) is 18.4 Å². The lowest BCUT2D eigenvalue weighted by atomic mass is 10.1. The van der Waals surface area contributed by atoms with Crippen LogP contribution in [-0.2, 0) is 0 Å². The molecule has 0 aromatic heterocycles. The molecule has 2 fully saturated rings. The minimum atomic E-state index is -0.213. The molecule has 2 saturated heterocycles. The first-order chi connectivity index (χ1) is 13.6. The number of hydrogen-bond acceptors (Lipinski definition) is 3. The van der Waals surface area contributed by atoms with E-state index in [4.69, 9.17) is 0 Å². The number of carbonyl (C=O) groups is 1. The lowest BCUT2D eigenvalue weighted by molar-refractivity contribution is 0.208. The lowest BCUT2D eigenvalue weighted by Gasteiger charge is -2.36. The number of piperazine rings is 1. The van der Waals surface area contributed by atoms with Gasteiger partial charge in [-0.1, -0.05) is 18.2 Å². The molecule has 0 unspecified atom stereocenters. The Kier molecular flexibility index (Phi) is 5.37. The minimum absolute atomic E-state index is 0.0881. The Morgan fingerprint density at radius 1 is 0.857 bits per heavy atom. The quantitative estimate of drug-likeness (QED) is 0.869. The van der Waals surface area contributed by atoms with Gasteiger partial charge in [-0.15, -0.1) is 0 Å². The normalized spacial score (nSPS) is 17.1. The van der Waals surface area contributed by atoms with Crippen LogP contribution in [0.3, 0.4) is 0 Å². The van der Waals surface area contributed by atoms with E-state index in [9.17, 15) is 9.18 Å². The fraction of sp³-hybridized carbons (Fsp3) is 0.409. The van der Waals surface area contributed by atoms with Gasteiger partial charge in [0, 0.05) is 50.6 Å². The van der Waals surface area contributed by atoms with Crippen molar-refractivity contribution in [1.82, 2.24) is 4.90 Å². The van der Waals surface area contributed by atoms with Crippen LogP contribution in [0.25, 0.3) is 0 Å². The zero-order valence-corrected chi connectivity index (χ0v) is 16.3. The van der Waals surface area contributed by atoms with E-state index in [0.29, 0.717) is 31.9 Å². The third kappa shape index (κ3) is 3.77. The number of carbonyl (C=O) groups excluding carboxylic acids is 1. The van der Waals surface area contributed by atoms with E-state index in [1.165, 1.54) is 24.6 Å². The van der Waals surface area contributed by atoms with Crippen molar-refractivity contribution < 1.29 is 9.18 Å². The second-order valence-electron chi connectivity index (χ2n) is 7.50. The van der Waals surface area contributed by atoms with Gasteiger partial charge in [-0.3, -0.25) is 0 Å². The lowest BCUT2D eigenvalue weighted by Crippen LogP contribution is -2.50. The SMILES string of the molecule is Cc1c(NC(=O)N2CCN(c3ccccc3F)CC2)cccc1N1CCCC1. The molecular formula is C22H27FN4O. The molecule has 0 spiro atoms. The van der Waals surface area contributed by atoms with Crippen molar-refractivity contribution in [2.45, 2.75) is 19.8 Å².